The highest BCUT2D eigenvalue weighted by Gasteiger charge is 2.18. The largest absolute Gasteiger partial charge is 0.344 e. The van der Waals surface area contributed by atoms with Gasteiger partial charge in [-0.25, -0.2) is 0 Å². The standard InChI is InChI=1S/C11H21N2O2/c1-4-5-9(7-14)13-11(15)10(12)6-8(2)3/h8-10H,4-6,12H2,1-3H3,(H,13,15)/t9-,10-/m0/s1. The lowest BCUT2D eigenvalue weighted by molar-refractivity contribution is -0.123. The first kappa shape index (κ1) is 14.1. The molecule has 4 nitrogen and oxygen atoms in total. The number of nitrogens with two attached hydrogens (primary N) is 1. The highest BCUT2D eigenvalue weighted by Crippen LogP contribution is 2.03. The average Bonchev–Trinajstić information content (AvgIpc) is 2.15. The second-order valence-corrected chi connectivity index (χ2v) is 4.20. The van der Waals surface area contributed by atoms with E-state index in [9.17, 15) is 9.59 Å². The van der Waals surface area contributed by atoms with Gasteiger partial charge in [0.1, 0.15) is 0 Å². The van der Waals surface area contributed by atoms with Crippen LogP contribution >= 0.6 is 0 Å². The molecule has 0 aromatic carbocycles. The summed E-state index contributed by atoms with van der Waals surface area (Å²) in [6.07, 6.45) is 3.88. The lowest BCUT2D eigenvalue weighted by Crippen LogP contribution is -2.46. The van der Waals surface area contributed by atoms with Crippen molar-refractivity contribution in [3.63, 3.8) is 0 Å². The van der Waals surface area contributed by atoms with Crippen molar-refractivity contribution in [3.8, 4) is 0 Å². The van der Waals surface area contributed by atoms with Gasteiger partial charge in [-0.15, -0.1) is 0 Å². The Morgan fingerprint density at radius 2 is 2.07 bits per heavy atom. The quantitative estimate of drug-likeness (QED) is 0.655. The molecule has 0 aliphatic rings. The molecule has 15 heavy (non-hydrogen) atoms. The van der Waals surface area contributed by atoms with Crippen LogP contribution in [0.2, 0.25) is 0 Å². The summed E-state index contributed by atoms with van der Waals surface area (Å²) < 4.78 is 0. The zero-order chi connectivity index (χ0) is 11.8. The Bertz CT molecular complexity index is 205. The fourth-order valence-electron chi connectivity index (χ4n) is 1.34. The fraction of sp³-hybridized carbons (Fsp3) is 0.818. The molecule has 0 saturated carbocycles. The summed E-state index contributed by atoms with van der Waals surface area (Å²) in [7, 11) is 0. The van der Waals surface area contributed by atoms with Crippen LogP contribution in [0, 0.1) is 5.92 Å². The van der Waals surface area contributed by atoms with Gasteiger partial charge in [0.15, 0.2) is 0 Å². The van der Waals surface area contributed by atoms with E-state index in [1.165, 1.54) is 0 Å². The summed E-state index contributed by atoms with van der Waals surface area (Å²) in [5, 5.41) is 2.59. The van der Waals surface area contributed by atoms with Gasteiger partial charge in [0.2, 0.25) is 12.2 Å². The van der Waals surface area contributed by atoms with Gasteiger partial charge < -0.3 is 11.1 Å². The minimum Gasteiger partial charge on any atom is -0.344 e. The van der Waals surface area contributed by atoms with Crippen molar-refractivity contribution < 1.29 is 9.59 Å². The number of nitrogens with one attached hydrogen (secondary N) is 1. The SMILES string of the molecule is CCC[C@@H]([C]=O)NC(=O)[C@@H](N)CC(C)C. The molecule has 0 aliphatic carbocycles. The van der Waals surface area contributed by atoms with E-state index in [0.717, 1.165) is 6.42 Å². The van der Waals surface area contributed by atoms with E-state index in [0.29, 0.717) is 18.8 Å². The Labute approximate surface area is 91.6 Å². The molecule has 0 bridgehead atoms. The van der Waals surface area contributed by atoms with Gasteiger partial charge >= 0.3 is 0 Å². The number of carbonyl (C=O) groups is 1. The van der Waals surface area contributed by atoms with E-state index in [1.807, 2.05) is 20.8 Å². The van der Waals surface area contributed by atoms with Gasteiger partial charge in [-0.3, -0.25) is 9.59 Å². The molecule has 0 spiro atoms. The van der Waals surface area contributed by atoms with E-state index in [1.54, 1.807) is 6.29 Å². The highest BCUT2D eigenvalue weighted by atomic mass is 16.2. The molecule has 0 aromatic rings. The Morgan fingerprint density at radius 1 is 1.47 bits per heavy atom. The molecule has 0 aromatic heterocycles. The lowest BCUT2D eigenvalue weighted by Gasteiger charge is -2.16. The van der Waals surface area contributed by atoms with Gasteiger partial charge in [0.05, 0.1) is 12.1 Å². The molecule has 1 amide bonds. The van der Waals surface area contributed by atoms with Crippen LogP contribution in [-0.4, -0.2) is 24.3 Å². The molecule has 0 saturated heterocycles. The second kappa shape index (κ2) is 7.40. The Balaban J connectivity index is 4.03. The van der Waals surface area contributed by atoms with Crippen molar-refractivity contribution in [3.05, 3.63) is 0 Å². The summed E-state index contributed by atoms with van der Waals surface area (Å²) >= 11 is 0. The van der Waals surface area contributed by atoms with Crippen molar-refractivity contribution in [2.75, 3.05) is 0 Å². The van der Waals surface area contributed by atoms with Crippen LogP contribution in [0.25, 0.3) is 0 Å². The van der Waals surface area contributed by atoms with Gasteiger partial charge in [0.25, 0.3) is 0 Å². The maximum absolute atomic E-state index is 11.5. The molecule has 0 rings (SSSR count). The maximum atomic E-state index is 11.5. The summed E-state index contributed by atoms with van der Waals surface area (Å²) in [4.78, 5) is 22.0. The molecule has 0 heterocycles. The summed E-state index contributed by atoms with van der Waals surface area (Å²) in [6, 6.07) is -1.04. The Morgan fingerprint density at radius 3 is 2.47 bits per heavy atom. The van der Waals surface area contributed by atoms with Crippen LogP contribution in [0.1, 0.15) is 40.0 Å². The number of carbonyl (C=O) groups excluding carboxylic acids is 2. The molecule has 0 unspecified atom stereocenters. The van der Waals surface area contributed by atoms with Crippen molar-refractivity contribution in [2.45, 2.75) is 52.1 Å². The number of hydrogen-bond donors (Lipinski definition) is 2. The summed E-state index contributed by atoms with van der Waals surface area (Å²) in [5.41, 5.74) is 5.68. The molecular formula is C11H21N2O2. The van der Waals surface area contributed by atoms with Crippen molar-refractivity contribution >= 4 is 12.2 Å². The van der Waals surface area contributed by atoms with Crippen molar-refractivity contribution in [1.29, 1.82) is 0 Å². The predicted molar refractivity (Wildman–Crippen MR) is 60.0 cm³/mol. The summed E-state index contributed by atoms with van der Waals surface area (Å²) in [6.45, 7) is 5.95. The van der Waals surface area contributed by atoms with Gasteiger partial charge in [-0.05, 0) is 18.8 Å². The van der Waals surface area contributed by atoms with E-state index in [4.69, 9.17) is 5.73 Å². The molecule has 1 radical (unpaired) electrons. The van der Waals surface area contributed by atoms with E-state index in [2.05, 4.69) is 5.32 Å². The minimum atomic E-state index is -0.530. The van der Waals surface area contributed by atoms with Crippen LogP contribution in [0.3, 0.4) is 0 Å². The van der Waals surface area contributed by atoms with Gasteiger partial charge in [-0.2, -0.15) is 0 Å². The maximum Gasteiger partial charge on any atom is 0.237 e. The van der Waals surface area contributed by atoms with Crippen LogP contribution in [-0.2, 0) is 9.59 Å². The fourth-order valence-corrected chi connectivity index (χ4v) is 1.34. The summed E-state index contributed by atoms with van der Waals surface area (Å²) in [5.74, 6) is 0.112. The third-order valence-electron chi connectivity index (χ3n) is 2.10. The monoisotopic (exact) mass is 213 g/mol. The lowest BCUT2D eigenvalue weighted by atomic mass is 10.0. The highest BCUT2D eigenvalue weighted by molar-refractivity contribution is 5.84. The Hall–Kier alpha value is -0.900. The van der Waals surface area contributed by atoms with Crippen LogP contribution in [0.15, 0.2) is 0 Å². The van der Waals surface area contributed by atoms with E-state index < -0.39 is 12.1 Å². The molecule has 0 aliphatic heterocycles. The van der Waals surface area contributed by atoms with E-state index >= 15 is 0 Å². The van der Waals surface area contributed by atoms with Crippen molar-refractivity contribution in [2.24, 2.45) is 11.7 Å². The molecule has 2 atom stereocenters. The zero-order valence-electron chi connectivity index (χ0n) is 9.75. The Kier molecular flexibility index (Phi) is 6.96. The zero-order valence-corrected chi connectivity index (χ0v) is 9.75. The smallest absolute Gasteiger partial charge is 0.237 e. The first-order chi connectivity index (χ1) is 7.01. The molecular weight excluding hydrogens is 192 g/mol. The van der Waals surface area contributed by atoms with Gasteiger partial charge in [0, 0.05) is 0 Å². The minimum absolute atomic E-state index is 0.259. The molecule has 0 fully saturated rings. The molecule has 3 N–H and O–H groups in total. The predicted octanol–water partition coefficient (Wildman–Crippen LogP) is 0.754. The number of amides is 1. The van der Waals surface area contributed by atoms with Crippen molar-refractivity contribution in [1.82, 2.24) is 5.32 Å². The van der Waals surface area contributed by atoms with E-state index in [-0.39, 0.29) is 5.91 Å². The van der Waals surface area contributed by atoms with Crippen LogP contribution in [0.4, 0.5) is 0 Å². The second-order valence-electron chi connectivity index (χ2n) is 4.20. The topological polar surface area (TPSA) is 72.2 Å². The first-order valence-corrected chi connectivity index (χ1v) is 5.44. The normalized spacial score (nSPS) is 14.7. The number of hydrogen-bond acceptors (Lipinski definition) is 3. The number of rotatable bonds is 7. The van der Waals surface area contributed by atoms with Crippen LogP contribution < -0.4 is 11.1 Å². The average molecular weight is 213 g/mol. The molecule has 87 valence electrons. The molecule has 4 heteroatoms. The third-order valence-corrected chi connectivity index (χ3v) is 2.10. The third kappa shape index (κ3) is 6.23. The van der Waals surface area contributed by atoms with Gasteiger partial charge in [-0.1, -0.05) is 27.2 Å². The van der Waals surface area contributed by atoms with Crippen LogP contribution in [0.5, 0.6) is 0 Å². The first-order valence-electron chi connectivity index (χ1n) is 5.44.